The zero-order chi connectivity index (χ0) is 11.1. The maximum Gasteiger partial charge on any atom is 0.323 e. The van der Waals surface area contributed by atoms with Gasteiger partial charge in [-0.1, -0.05) is 37.9 Å². The van der Waals surface area contributed by atoms with Gasteiger partial charge in [0.25, 0.3) is 0 Å². The Morgan fingerprint density at radius 3 is 2.73 bits per heavy atom. The van der Waals surface area contributed by atoms with Crippen LogP contribution in [0.25, 0.3) is 0 Å². The van der Waals surface area contributed by atoms with Crippen molar-refractivity contribution in [3.63, 3.8) is 0 Å². The number of ether oxygens (including phenoxy) is 1. The highest BCUT2D eigenvalue weighted by Gasteiger charge is 2.42. The molecule has 0 amide bonds. The summed E-state index contributed by atoms with van der Waals surface area (Å²) in [4.78, 5) is 11.6. The molecule has 0 spiro atoms. The molecule has 0 heterocycles. The lowest BCUT2D eigenvalue weighted by Crippen LogP contribution is -2.33. The molecule has 15 heavy (non-hydrogen) atoms. The fourth-order valence-corrected chi connectivity index (χ4v) is 3.10. The molecule has 0 N–H and O–H groups in total. The third-order valence-corrected chi connectivity index (χ3v) is 4.04. The van der Waals surface area contributed by atoms with E-state index in [1.165, 1.54) is 18.2 Å². The van der Waals surface area contributed by atoms with E-state index in [-0.39, 0.29) is 5.97 Å². The second kappa shape index (κ2) is 3.91. The molecule has 4 heteroatoms. The summed E-state index contributed by atoms with van der Waals surface area (Å²) in [6.07, 6.45) is 1.39. The Morgan fingerprint density at radius 2 is 2.07 bits per heavy atom. The fourth-order valence-electron chi connectivity index (χ4n) is 1.93. The van der Waals surface area contributed by atoms with E-state index in [0.717, 1.165) is 4.47 Å². The Bertz CT molecular complexity index is 417. The van der Waals surface area contributed by atoms with Gasteiger partial charge in [0.15, 0.2) is 0 Å². The van der Waals surface area contributed by atoms with Gasteiger partial charge in [0, 0.05) is 4.47 Å². The molecule has 2 rings (SSSR count). The number of hydrogen-bond donors (Lipinski definition) is 0. The Hall–Kier alpha value is -0.350. The molecule has 1 aliphatic carbocycles. The van der Waals surface area contributed by atoms with Crippen LogP contribution in [0.5, 0.6) is 0 Å². The standard InChI is InChI=1S/C11H10Br2O2/c1-15-10(14)11(13)5-7-2-3-9(12)4-8(7)6-11/h2-4H,5-6H2,1H3. The van der Waals surface area contributed by atoms with Crippen LogP contribution in [0.15, 0.2) is 22.7 Å². The highest BCUT2D eigenvalue weighted by molar-refractivity contribution is 9.10. The molecule has 0 bridgehead atoms. The number of alkyl halides is 1. The number of benzene rings is 1. The summed E-state index contributed by atoms with van der Waals surface area (Å²) < 4.78 is 5.28. The lowest BCUT2D eigenvalue weighted by Gasteiger charge is -2.17. The normalized spacial score (nSPS) is 23.7. The summed E-state index contributed by atoms with van der Waals surface area (Å²) in [5.41, 5.74) is 2.41. The number of hydrogen-bond acceptors (Lipinski definition) is 2. The summed E-state index contributed by atoms with van der Waals surface area (Å²) in [7, 11) is 1.42. The molecule has 1 atom stereocenters. The van der Waals surface area contributed by atoms with Gasteiger partial charge in [0.1, 0.15) is 4.32 Å². The van der Waals surface area contributed by atoms with Gasteiger partial charge >= 0.3 is 5.97 Å². The van der Waals surface area contributed by atoms with E-state index in [4.69, 9.17) is 4.74 Å². The first-order valence-corrected chi connectivity index (χ1v) is 6.18. The summed E-state index contributed by atoms with van der Waals surface area (Å²) in [6.45, 7) is 0. The van der Waals surface area contributed by atoms with Gasteiger partial charge in [0.2, 0.25) is 0 Å². The molecule has 2 nitrogen and oxygen atoms in total. The number of rotatable bonds is 1. The second-order valence-corrected chi connectivity index (χ2v) is 6.16. The fraction of sp³-hybridized carbons (Fsp3) is 0.364. The van der Waals surface area contributed by atoms with Crippen molar-refractivity contribution in [1.82, 2.24) is 0 Å². The molecular weight excluding hydrogens is 324 g/mol. The maximum atomic E-state index is 11.6. The molecule has 1 aromatic rings. The van der Waals surface area contributed by atoms with E-state index < -0.39 is 4.32 Å². The first-order valence-electron chi connectivity index (χ1n) is 4.60. The van der Waals surface area contributed by atoms with Gasteiger partial charge in [0.05, 0.1) is 7.11 Å². The van der Waals surface area contributed by atoms with E-state index in [9.17, 15) is 4.79 Å². The number of carbonyl (C=O) groups excluding carboxylic acids is 1. The van der Waals surface area contributed by atoms with Gasteiger partial charge in [-0.2, -0.15) is 0 Å². The predicted molar refractivity (Wildman–Crippen MR) is 65.2 cm³/mol. The Kier molecular flexibility index (Phi) is 2.90. The van der Waals surface area contributed by atoms with Crippen molar-refractivity contribution in [2.45, 2.75) is 17.2 Å². The summed E-state index contributed by atoms with van der Waals surface area (Å²) in [5, 5.41) is 0. The zero-order valence-corrected chi connectivity index (χ0v) is 11.4. The Labute approximate surface area is 105 Å². The van der Waals surface area contributed by atoms with Crippen LogP contribution < -0.4 is 0 Å². The van der Waals surface area contributed by atoms with E-state index in [0.29, 0.717) is 12.8 Å². The number of fused-ring (bicyclic) bond motifs is 1. The summed E-state index contributed by atoms with van der Waals surface area (Å²) in [5.74, 6) is -0.199. The van der Waals surface area contributed by atoms with Crippen molar-refractivity contribution < 1.29 is 9.53 Å². The number of carbonyl (C=O) groups is 1. The number of halogens is 2. The smallest absolute Gasteiger partial charge is 0.323 e. The van der Waals surface area contributed by atoms with Crippen molar-refractivity contribution in [3.05, 3.63) is 33.8 Å². The molecule has 0 radical (unpaired) electrons. The maximum absolute atomic E-state index is 11.6. The van der Waals surface area contributed by atoms with Gasteiger partial charge in [-0.05, 0) is 36.1 Å². The molecule has 80 valence electrons. The number of esters is 1. The molecule has 0 aromatic heterocycles. The highest BCUT2D eigenvalue weighted by Crippen LogP contribution is 2.38. The third-order valence-electron chi connectivity index (χ3n) is 2.66. The van der Waals surface area contributed by atoms with Crippen LogP contribution in [0.4, 0.5) is 0 Å². The van der Waals surface area contributed by atoms with Crippen molar-refractivity contribution in [1.29, 1.82) is 0 Å². The van der Waals surface area contributed by atoms with E-state index in [1.807, 2.05) is 12.1 Å². The van der Waals surface area contributed by atoms with Crippen LogP contribution in [0.2, 0.25) is 0 Å². The molecule has 0 saturated carbocycles. The lowest BCUT2D eigenvalue weighted by molar-refractivity contribution is -0.143. The van der Waals surface area contributed by atoms with Crippen LogP contribution in [0, 0.1) is 0 Å². The summed E-state index contributed by atoms with van der Waals surface area (Å²) >= 11 is 6.91. The molecule has 1 aliphatic rings. The molecule has 0 fully saturated rings. The molecule has 1 aromatic carbocycles. The van der Waals surface area contributed by atoms with Gasteiger partial charge in [-0.25, -0.2) is 0 Å². The van der Waals surface area contributed by atoms with Crippen molar-refractivity contribution in [3.8, 4) is 0 Å². The molecule has 0 saturated heterocycles. The first kappa shape index (κ1) is 11.1. The molecule has 0 aliphatic heterocycles. The minimum absolute atomic E-state index is 0.199. The van der Waals surface area contributed by atoms with E-state index in [1.54, 1.807) is 0 Å². The van der Waals surface area contributed by atoms with Crippen molar-refractivity contribution >= 4 is 37.8 Å². The lowest BCUT2D eigenvalue weighted by atomic mass is 10.1. The Morgan fingerprint density at radius 1 is 1.40 bits per heavy atom. The monoisotopic (exact) mass is 332 g/mol. The first-order chi connectivity index (χ1) is 7.05. The van der Waals surface area contributed by atoms with Gasteiger partial charge in [-0.15, -0.1) is 0 Å². The average Bonchev–Trinajstić information content (AvgIpc) is 2.53. The van der Waals surface area contributed by atoms with E-state index >= 15 is 0 Å². The van der Waals surface area contributed by atoms with Crippen LogP contribution in [-0.2, 0) is 22.4 Å². The molecule has 1 unspecified atom stereocenters. The van der Waals surface area contributed by atoms with Gasteiger partial charge in [-0.3, -0.25) is 4.79 Å². The highest BCUT2D eigenvalue weighted by atomic mass is 79.9. The average molecular weight is 334 g/mol. The van der Waals surface area contributed by atoms with Gasteiger partial charge < -0.3 is 4.74 Å². The topological polar surface area (TPSA) is 26.3 Å². The van der Waals surface area contributed by atoms with Crippen LogP contribution in [-0.4, -0.2) is 17.4 Å². The molecular formula is C11H10Br2O2. The van der Waals surface area contributed by atoms with E-state index in [2.05, 4.69) is 37.9 Å². The van der Waals surface area contributed by atoms with Crippen molar-refractivity contribution in [2.75, 3.05) is 7.11 Å². The quantitative estimate of drug-likeness (QED) is 0.583. The van der Waals surface area contributed by atoms with Crippen LogP contribution >= 0.6 is 31.9 Å². The van der Waals surface area contributed by atoms with Crippen LogP contribution in [0.1, 0.15) is 11.1 Å². The summed E-state index contributed by atoms with van der Waals surface area (Å²) in [6, 6.07) is 6.10. The largest absolute Gasteiger partial charge is 0.468 e. The minimum Gasteiger partial charge on any atom is -0.468 e. The SMILES string of the molecule is COC(=O)C1(Br)Cc2ccc(Br)cc2C1. The van der Waals surface area contributed by atoms with Crippen molar-refractivity contribution in [2.24, 2.45) is 0 Å². The second-order valence-electron chi connectivity index (χ2n) is 3.72. The minimum atomic E-state index is -0.565. The Balaban J connectivity index is 2.32. The predicted octanol–water partition coefficient (Wildman–Crippen LogP) is 2.85. The van der Waals surface area contributed by atoms with Crippen LogP contribution in [0.3, 0.4) is 0 Å². The number of methoxy groups -OCH3 is 1. The third kappa shape index (κ3) is 1.97. The zero-order valence-electron chi connectivity index (χ0n) is 8.22.